The molecule has 20 heavy (non-hydrogen) atoms. The molecular weight excluding hydrogens is 313 g/mol. The van der Waals surface area contributed by atoms with Crippen LogP contribution >= 0.6 is 0 Å². The van der Waals surface area contributed by atoms with Crippen molar-refractivity contribution in [3.63, 3.8) is 0 Å². The van der Waals surface area contributed by atoms with Gasteiger partial charge >= 0.3 is 51.1 Å². The van der Waals surface area contributed by atoms with Crippen molar-refractivity contribution in [1.29, 1.82) is 0 Å². The minimum absolute atomic E-state index is 0. The first-order chi connectivity index (χ1) is 8.55. The van der Waals surface area contributed by atoms with Crippen LogP contribution in [0.5, 0.6) is 0 Å². The molecule has 1 N–H and O–H groups in total. The van der Waals surface area contributed by atoms with Gasteiger partial charge in [0.15, 0.2) is 0 Å². The van der Waals surface area contributed by atoms with Gasteiger partial charge in [0, 0.05) is 0 Å². The molecule has 0 spiro atoms. The third-order valence-corrected chi connectivity index (χ3v) is 2.83. The van der Waals surface area contributed by atoms with Gasteiger partial charge in [0.05, 0.1) is 26.9 Å². The van der Waals surface area contributed by atoms with Crippen molar-refractivity contribution in [3.8, 4) is 0 Å². The Hall–Kier alpha value is -1.67. The molecule has 0 unspecified atom stereocenters. The summed E-state index contributed by atoms with van der Waals surface area (Å²) in [5, 5.41) is 31.7. The van der Waals surface area contributed by atoms with E-state index >= 15 is 0 Å². The van der Waals surface area contributed by atoms with Gasteiger partial charge in [-0.05, 0) is 0 Å². The van der Waals surface area contributed by atoms with Gasteiger partial charge in [0.1, 0.15) is 0 Å². The fraction of sp³-hybridized carbons (Fsp3) is 0. The van der Waals surface area contributed by atoms with Crippen LogP contribution in [0.4, 0.5) is 17.1 Å². The molecular formula is C6H4N3NaO9S. The maximum atomic E-state index is 10.9. The summed E-state index contributed by atoms with van der Waals surface area (Å²) < 4.78 is 30.7. The molecule has 14 heteroatoms. The molecule has 0 atom stereocenters. The Morgan fingerprint density at radius 3 is 1.45 bits per heavy atom. The van der Waals surface area contributed by atoms with Gasteiger partial charge in [-0.15, -0.1) is 0 Å². The molecule has 0 aliphatic rings. The molecule has 1 rings (SSSR count). The van der Waals surface area contributed by atoms with E-state index in [2.05, 4.69) is 0 Å². The second kappa shape index (κ2) is 6.19. The quantitative estimate of drug-likeness (QED) is 0.345. The zero-order valence-corrected chi connectivity index (χ0v) is 9.43. The summed E-state index contributed by atoms with van der Waals surface area (Å²) >= 11 is 0. The Labute approximate surface area is 131 Å². The molecule has 12 nitrogen and oxygen atoms in total. The van der Waals surface area contributed by atoms with Crippen molar-refractivity contribution in [1.82, 2.24) is 0 Å². The van der Waals surface area contributed by atoms with E-state index in [1.54, 1.807) is 0 Å². The number of hydrogen-bond donors (Lipinski definition) is 1. The van der Waals surface area contributed by atoms with Gasteiger partial charge in [-0.25, -0.2) is 0 Å². The fourth-order valence-electron chi connectivity index (χ4n) is 1.23. The van der Waals surface area contributed by atoms with E-state index in [-0.39, 0.29) is 41.7 Å². The predicted octanol–water partition coefficient (Wildman–Crippen LogP) is 0.00940. The van der Waals surface area contributed by atoms with Gasteiger partial charge in [0.25, 0.3) is 5.69 Å². The SMILES string of the molecule is O=[N+]([O-])c1cc([N+](=O)[O-])c(S(=O)(=O)O)c([N+](=O)[O-])c1.[NaH]. The van der Waals surface area contributed by atoms with E-state index in [4.69, 9.17) is 4.55 Å². The minimum atomic E-state index is -5.30. The average Bonchev–Trinajstić information content (AvgIpc) is 2.25. The molecule has 0 saturated heterocycles. The van der Waals surface area contributed by atoms with Gasteiger partial charge < -0.3 is 0 Å². The van der Waals surface area contributed by atoms with E-state index in [1.807, 2.05) is 0 Å². The number of nitro benzene ring substituents is 3. The summed E-state index contributed by atoms with van der Waals surface area (Å²) in [6.45, 7) is 0. The predicted molar refractivity (Wildman–Crippen MR) is 63.4 cm³/mol. The van der Waals surface area contributed by atoms with Crippen molar-refractivity contribution in [3.05, 3.63) is 42.5 Å². The van der Waals surface area contributed by atoms with E-state index in [0.29, 0.717) is 0 Å². The van der Waals surface area contributed by atoms with Crippen LogP contribution in [-0.4, -0.2) is 57.3 Å². The zero-order chi connectivity index (χ0) is 15.0. The Morgan fingerprint density at radius 2 is 1.25 bits per heavy atom. The van der Waals surface area contributed by atoms with Crippen molar-refractivity contribution >= 4 is 56.7 Å². The van der Waals surface area contributed by atoms with Crippen molar-refractivity contribution in [2.24, 2.45) is 0 Å². The first-order valence-electron chi connectivity index (χ1n) is 4.14. The summed E-state index contributed by atoms with van der Waals surface area (Å²) in [5.41, 5.74) is -3.96. The Kier molecular flexibility index (Phi) is 5.67. The van der Waals surface area contributed by atoms with Crippen molar-refractivity contribution in [2.45, 2.75) is 4.90 Å². The number of rotatable bonds is 4. The molecule has 0 radical (unpaired) electrons. The number of hydrogen-bond acceptors (Lipinski definition) is 8. The Balaban J connectivity index is 0.00000361. The van der Waals surface area contributed by atoms with Crippen LogP contribution in [0, 0.1) is 30.3 Å². The van der Waals surface area contributed by atoms with Crippen molar-refractivity contribution < 1.29 is 27.7 Å². The van der Waals surface area contributed by atoms with Gasteiger partial charge in [-0.1, -0.05) is 0 Å². The number of benzene rings is 1. The van der Waals surface area contributed by atoms with E-state index in [0.717, 1.165) is 0 Å². The molecule has 0 amide bonds. The van der Waals surface area contributed by atoms with Crippen LogP contribution in [0.1, 0.15) is 0 Å². The number of nitro groups is 3. The molecule has 0 bridgehead atoms. The molecule has 0 aliphatic carbocycles. The summed E-state index contributed by atoms with van der Waals surface area (Å²) in [5.74, 6) is 0. The third-order valence-electron chi connectivity index (χ3n) is 1.90. The molecule has 0 aliphatic heterocycles. The Bertz CT molecular complexity index is 665. The van der Waals surface area contributed by atoms with Crippen LogP contribution in [0.3, 0.4) is 0 Å². The van der Waals surface area contributed by atoms with E-state index in [1.165, 1.54) is 0 Å². The van der Waals surface area contributed by atoms with Gasteiger partial charge in [-0.3, -0.25) is 34.9 Å². The third kappa shape index (κ3) is 3.67. The number of nitrogens with zero attached hydrogens (tertiary/aromatic N) is 3. The van der Waals surface area contributed by atoms with Crippen molar-refractivity contribution in [2.75, 3.05) is 0 Å². The topological polar surface area (TPSA) is 184 Å². The molecule has 0 saturated carbocycles. The monoisotopic (exact) mass is 317 g/mol. The fourth-order valence-corrected chi connectivity index (χ4v) is 2.02. The van der Waals surface area contributed by atoms with Crippen LogP contribution in [0.25, 0.3) is 0 Å². The first-order valence-corrected chi connectivity index (χ1v) is 5.58. The molecule has 1 aromatic carbocycles. The van der Waals surface area contributed by atoms with E-state index in [9.17, 15) is 38.8 Å². The van der Waals surface area contributed by atoms with E-state index < -0.39 is 46.8 Å². The standard InChI is InChI=1S/C6H3N3O9S.Na.H/c10-7(11)3-1-4(8(12)13)6(19(16,17)18)5(2-3)9(14)15;;/h1-2H,(H,16,17,18);;. The van der Waals surface area contributed by atoms with Crippen LogP contribution in [0.2, 0.25) is 0 Å². The summed E-state index contributed by atoms with van der Waals surface area (Å²) in [7, 11) is -5.30. The molecule has 104 valence electrons. The van der Waals surface area contributed by atoms with Gasteiger partial charge in [0.2, 0.25) is 4.90 Å². The zero-order valence-electron chi connectivity index (χ0n) is 8.62. The van der Waals surface area contributed by atoms with Crippen LogP contribution in [-0.2, 0) is 10.1 Å². The summed E-state index contributed by atoms with van der Waals surface area (Å²) in [6, 6.07) is 0.409. The number of non-ortho nitro benzene ring substituents is 1. The molecule has 1 aromatic rings. The summed E-state index contributed by atoms with van der Waals surface area (Å²) in [6.07, 6.45) is 0. The summed E-state index contributed by atoms with van der Waals surface area (Å²) in [4.78, 5) is 26.1. The second-order valence-corrected chi connectivity index (χ2v) is 4.42. The van der Waals surface area contributed by atoms with Crippen LogP contribution < -0.4 is 0 Å². The second-order valence-electron chi connectivity index (χ2n) is 3.06. The maximum absolute atomic E-state index is 10.9. The van der Waals surface area contributed by atoms with Gasteiger partial charge in [-0.2, -0.15) is 8.42 Å². The Morgan fingerprint density at radius 1 is 0.900 bits per heavy atom. The molecule has 0 aromatic heterocycles. The normalized spacial score (nSPS) is 10.4. The first kappa shape index (κ1) is 18.3. The van der Waals surface area contributed by atoms with Crippen LogP contribution in [0.15, 0.2) is 17.0 Å². The average molecular weight is 317 g/mol. The molecule has 0 heterocycles. The molecule has 0 fully saturated rings.